The van der Waals surface area contributed by atoms with Crippen molar-refractivity contribution in [3.8, 4) is 0 Å². The van der Waals surface area contributed by atoms with Gasteiger partial charge >= 0.3 is 0 Å². The molecule has 0 fully saturated rings. The van der Waals surface area contributed by atoms with Gasteiger partial charge in [-0.2, -0.15) is 0 Å². The Balaban J connectivity index is 2.01. The maximum absolute atomic E-state index is 12.9. The fraction of sp³-hybridized carbons (Fsp3) is 0.188. The van der Waals surface area contributed by atoms with E-state index < -0.39 is 0 Å². The van der Waals surface area contributed by atoms with Gasteiger partial charge < -0.3 is 4.57 Å². The summed E-state index contributed by atoms with van der Waals surface area (Å²) in [5, 5.41) is 0. The van der Waals surface area contributed by atoms with E-state index >= 15 is 0 Å². The third kappa shape index (κ3) is 2.24. The monoisotopic (exact) mass is 254 g/mol. The van der Waals surface area contributed by atoms with E-state index in [2.05, 4.69) is 35.5 Å². The minimum atomic E-state index is -0.203. The molecule has 96 valence electrons. The maximum Gasteiger partial charge on any atom is 0.123 e. The van der Waals surface area contributed by atoms with Crippen LogP contribution in [0.4, 0.5) is 4.39 Å². The van der Waals surface area contributed by atoms with Crippen LogP contribution >= 0.6 is 0 Å². The molecule has 0 amide bonds. The Kier molecular flexibility index (Phi) is 2.82. The van der Waals surface area contributed by atoms with Crippen LogP contribution < -0.4 is 0 Å². The molecule has 0 unspecified atom stereocenters. The quantitative estimate of drug-likeness (QED) is 0.679. The first-order valence-corrected chi connectivity index (χ1v) is 6.30. The Morgan fingerprint density at radius 1 is 1.05 bits per heavy atom. The lowest BCUT2D eigenvalue weighted by atomic mass is 10.1. The van der Waals surface area contributed by atoms with Gasteiger partial charge in [-0.25, -0.2) is 9.37 Å². The first kappa shape index (κ1) is 11.9. The summed E-state index contributed by atoms with van der Waals surface area (Å²) < 4.78 is 15.0. The summed E-state index contributed by atoms with van der Waals surface area (Å²) in [6.45, 7) is 4.90. The Labute approximate surface area is 111 Å². The second-order valence-electron chi connectivity index (χ2n) is 4.92. The topological polar surface area (TPSA) is 17.8 Å². The van der Waals surface area contributed by atoms with Gasteiger partial charge in [0.15, 0.2) is 0 Å². The van der Waals surface area contributed by atoms with Crippen LogP contribution in [-0.4, -0.2) is 9.55 Å². The van der Waals surface area contributed by atoms with Gasteiger partial charge in [-0.15, -0.1) is 0 Å². The zero-order valence-electron chi connectivity index (χ0n) is 11.0. The van der Waals surface area contributed by atoms with E-state index in [1.807, 2.05) is 18.5 Å². The van der Waals surface area contributed by atoms with E-state index in [1.165, 1.54) is 23.3 Å². The van der Waals surface area contributed by atoms with Crippen LogP contribution in [0.5, 0.6) is 0 Å². The third-order valence-electron chi connectivity index (χ3n) is 3.50. The van der Waals surface area contributed by atoms with E-state index in [0.717, 1.165) is 16.6 Å². The highest BCUT2D eigenvalue weighted by Crippen LogP contribution is 2.19. The summed E-state index contributed by atoms with van der Waals surface area (Å²) in [6.07, 6.45) is 1.84. The Hall–Kier alpha value is -2.16. The maximum atomic E-state index is 12.9. The molecule has 0 N–H and O–H groups in total. The van der Waals surface area contributed by atoms with Gasteiger partial charge in [0, 0.05) is 6.54 Å². The Morgan fingerprint density at radius 3 is 2.47 bits per heavy atom. The molecule has 2 aromatic carbocycles. The molecular formula is C16H15FN2. The SMILES string of the molecule is Cc1cc2ncn(Cc3ccc(F)cc3)c2cc1C. The standard InChI is InChI=1S/C16H15FN2/c1-11-7-15-16(8-12(11)2)19(10-18-15)9-13-3-5-14(17)6-4-13/h3-8,10H,9H2,1-2H3. The number of hydrogen-bond acceptors (Lipinski definition) is 1. The lowest BCUT2D eigenvalue weighted by molar-refractivity contribution is 0.626. The zero-order valence-corrected chi connectivity index (χ0v) is 11.0. The Bertz CT molecular complexity index is 726. The molecule has 3 aromatic rings. The highest BCUT2D eigenvalue weighted by Gasteiger charge is 2.05. The highest BCUT2D eigenvalue weighted by atomic mass is 19.1. The van der Waals surface area contributed by atoms with E-state index in [-0.39, 0.29) is 5.82 Å². The van der Waals surface area contributed by atoms with Gasteiger partial charge in [-0.1, -0.05) is 12.1 Å². The van der Waals surface area contributed by atoms with Crippen molar-refractivity contribution in [2.45, 2.75) is 20.4 Å². The van der Waals surface area contributed by atoms with Crippen molar-refractivity contribution >= 4 is 11.0 Å². The summed E-state index contributed by atoms with van der Waals surface area (Å²) in [6, 6.07) is 10.9. The fourth-order valence-corrected chi connectivity index (χ4v) is 2.23. The van der Waals surface area contributed by atoms with Crippen LogP contribution in [0.1, 0.15) is 16.7 Å². The third-order valence-corrected chi connectivity index (χ3v) is 3.50. The summed E-state index contributed by atoms with van der Waals surface area (Å²) in [5.41, 5.74) is 5.70. The van der Waals surface area contributed by atoms with Crippen molar-refractivity contribution in [2.24, 2.45) is 0 Å². The van der Waals surface area contributed by atoms with Crippen LogP contribution in [0.25, 0.3) is 11.0 Å². The largest absolute Gasteiger partial charge is 0.326 e. The molecular weight excluding hydrogens is 239 g/mol. The molecule has 2 nitrogen and oxygen atoms in total. The number of aromatic nitrogens is 2. The lowest BCUT2D eigenvalue weighted by Gasteiger charge is -2.06. The highest BCUT2D eigenvalue weighted by molar-refractivity contribution is 5.77. The van der Waals surface area contributed by atoms with Crippen molar-refractivity contribution in [1.82, 2.24) is 9.55 Å². The minimum Gasteiger partial charge on any atom is -0.326 e. The molecule has 0 spiro atoms. The number of rotatable bonds is 2. The molecule has 0 atom stereocenters. The zero-order chi connectivity index (χ0) is 13.4. The number of imidazole rings is 1. The van der Waals surface area contributed by atoms with Gasteiger partial charge in [-0.05, 0) is 54.8 Å². The number of fused-ring (bicyclic) bond motifs is 1. The molecule has 0 radical (unpaired) electrons. The van der Waals surface area contributed by atoms with E-state index in [9.17, 15) is 4.39 Å². The molecule has 1 heterocycles. The molecule has 0 aliphatic rings. The second-order valence-corrected chi connectivity index (χ2v) is 4.92. The van der Waals surface area contributed by atoms with Crippen molar-refractivity contribution < 1.29 is 4.39 Å². The first-order valence-electron chi connectivity index (χ1n) is 6.30. The second kappa shape index (κ2) is 4.50. The minimum absolute atomic E-state index is 0.203. The van der Waals surface area contributed by atoms with Gasteiger partial charge in [0.25, 0.3) is 0 Å². The number of halogens is 1. The first-order chi connectivity index (χ1) is 9.13. The number of nitrogens with zero attached hydrogens (tertiary/aromatic N) is 2. The lowest BCUT2D eigenvalue weighted by Crippen LogP contribution is -1.98. The molecule has 3 heteroatoms. The summed E-state index contributed by atoms with van der Waals surface area (Å²) in [5.74, 6) is -0.203. The van der Waals surface area contributed by atoms with Crippen molar-refractivity contribution in [3.63, 3.8) is 0 Å². The predicted octanol–water partition coefficient (Wildman–Crippen LogP) is 3.84. The molecule has 0 bridgehead atoms. The summed E-state index contributed by atoms with van der Waals surface area (Å²) in [4.78, 5) is 4.42. The van der Waals surface area contributed by atoms with Crippen LogP contribution in [0.3, 0.4) is 0 Å². The van der Waals surface area contributed by atoms with Gasteiger partial charge in [0.2, 0.25) is 0 Å². The number of benzene rings is 2. The van der Waals surface area contributed by atoms with Crippen LogP contribution in [0.15, 0.2) is 42.7 Å². The smallest absolute Gasteiger partial charge is 0.123 e. The fourth-order valence-electron chi connectivity index (χ4n) is 2.23. The van der Waals surface area contributed by atoms with Gasteiger partial charge in [0.05, 0.1) is 17.4 Å². The molecule has 0 aliphatic carbocycles. The number of hydrogen-bond donors (Lipinski definition) is 0. The van der Waals surface area contributed by atoms with Crippen LogP contribution in [0, 0.1) is 19.7 Å². The summed E-state index contributed by atoms with van der Waals surface area (Å²) in [7, 11) is 0. The van der Waals surface area contributed by atoms with Crippen LogP contribution in [0.2, 0.25) is 0 Å². The molecule has 0 saturated carbocycles. The van der Waals surface area contributed by atoms with Gasteiger partial charge in [-0.3, -0.25) is 0 Å². The summed E-state index contributed by atoms with van der Waals surface area (Å²) >= 11 is 0. The van der Waals surface area contributed by atoms with E-state index in [0.29, 0.717) is 6.54 Å². The van der Waals surface area contributed by atoms with E-state index in [1.54, 1.807) is 0 Å². The van der Waals surface area contributed by atoms with Crippen molar-refractivity contribution in [1.29, 1.82) is 0 Å². The number of aryl methyl sites for hydroxylation is 2. The van der Waals surface area contributed by atoms with Crippen molar-refractivity contribution in [2.75, 3.05) is 0 Å². The molecule has 1 aromatic heterocycles. The Morgan fingerprint density at radius 2 is 1.74 bits per heavy atom. The molecule has 0 saturated heterocycles. The van der Waals surface area contributed by atoms with Crippen LogP contribution in [-0.2, 0) is 6.54 Å². The molecule has 0 aliphatic heterocycles. The average molecular weight is 254 g/mol. The average Bonchev–Trinajstić information content (AvgIpc) is 2.76. The predicted molar refractivity (Wildman–Crippen MR) is 74.7 cm³/mol. The molecule has 3 rings (SSSR count). The normalized spacial score (nSPS) is 11.1. The van der Waals surface area contributed by atoms with E-state index in [4.69, 9.17) is 0 Å². The van der Waals surface area contributed by atoms with Gasteiger partial charge in [0.1, 0.15) is 5.82 Å². The van der Waals surface area contributed by atoms with Crippen molar-refractivity contribution in [3.05, 3.63) is 65.2 Å². The molecule has 19 heavy (non-hydrogen) atoms.